The Bertz CT molecular complexity index is 467. The van der Waals surface area contributed by atoms with Crippen molar-refractivity contribution >= 4 is 0 Å². The maximum absolute atomic E-state index is 14.3. The second-order valence-corrected chi connectivity index (χ2v) is 5.59. The molecule has 1 saturated carbocycles. The molecule has 0 heterocycles. The van der Waals surface area contributed by atoms with E-state index in [1.165, 1.54) is 13.2 Å². The Labute approximate surface area is 113 Å². The standard InChI is InChI=1S/C15H22FNO2/c1-9(2)19-14-7-11(12(16)8-13(14)18-4)15(5-6-15)10(3)17/h7-10H,5-6,17H2,1-4H3. The molecule has 19 heavy (non-hydrogen) atoms. The third kappa shape index (κ3) is 2.54. The van der Waals surface area contributed by atoms with E-state index in [0.29, 0.717) is 17.1 Å². The molecule has 1 aliphatic rings. The number of hydrogen-bond acceptors (Lipinski definition) is 3. The van der Waals surface area contributed by atoms with Crippen molar-refractivity contribution in [1.82, 2.24) is 0 Å². The summed E-state index contributed by atoms with van der Waals surface area (Å²) in [6, 6.07) is 3.09. The molecule has 2 N–H and O–H groups in total. The van der Waals surface area contributed by atoms with Crippen LogP contribution in [0.4, 0.5) is 4.39 Å². The number of hydrogen-bond donors (Lipinski definition) is 1. The zero-order valence-corrected chi connectivity index (χ0v) is 12.0. The highest BCUT2D eigenvalue weighted by Crippen LogP contribution is 2.52. The second-order valence-electron chi connectivity index (χ2n) is 5.59. The van der Waals surface area contributed by atoms with Crippen LogP contribution >= 0.6 is 0 Å². The molecule has 106 valence electrons. The van der Waals surface area contributed by atoms with E-state index in [2.05, 4.69) is 0 Å². The van der Waals surface area contributed by atoms with Gasteiger partial charge in [0.2, 0.25) is 0 Å². The molecule has 2 rings (SSSR count). The minimum atomic E-state index is -0.261. The van der Waals surface area contributed by atoms with E-state index in [0.717, 1.165) is 12.8 Å². The SMILES string of the molecule is COc1cc(F)c(C2(C(C)N)CC2)cc1OC(C)C. The molecule has 0 radical (unpaired) electrons. The van der Waals surface area contributed by atoms with E-state index >= 15 is 0 Å². The largest absolute Gasteiger partial charge is 0.493 e. The van der Waals surface area contributed by atoms with Crippen LogP contribution in [0.15, 0.2) is 12.1 Å². The van der Waals surface area contributed by atoms with Gasteiger partial charge in [0.05, 0.1) is 13.2 Å². The fourth-order valence-electron chi connectivity index (χ4n) is 2.53. The summed E-state index contributed by atoms with van der Waals surface area (Å²) in [6.07, 6.45) is 1.86. The van der Waals surface area contributed by atoms with E-state index in [9.17, 15) is 4.39 Å². The van der Waals surface area contributed by atoms with E-state index in [1.54, 1.807) is 6.07 Å². The summed E-state index contributed by atoms with van der Waals surface area (Å²) in [4.78, 5) is 0. The summed E-state index contributed by atoms with van der Waals surface area (Å²) in [6.45, 7) is 5.79. The number of methoxy groups -OCH3 is 1. The lowest BCUT2D eigenvalue weighted by molar-refractivity contribution is 0.229. The Morgan fingerprint density at radius 2 is 1.84 bits per heavy atom. The third-order valence-corrected chi connectivity index (χ3v) is 3.81. The predicted octanol–water partition coefficient (Wildman–Crippen LogP) is 3.00. The molecule has 1 fully saturated rings. The quantitative estimate of drug-likeness (QED) is 0.892. The van der Waals surface area contributed by atoms with Crippen molar-refractivity contribution in [2.24, 2.45) is 5.73 Å². The maximum atomic E-state index is 14.3. The molecule has 1 unspecified atom stereocenters. The van der Waals surface area contributed by atoms with Gasteiger partial charge < -0.3 is 15.2 Å². The van der Waals surface area contributed by atoms with Crippen molar-refractivity contribution in [3.63, 3.8) is 0 Å². The molecule has 0 bridgehead atoms. The van der Waals surface area contributed by atoms with Gasteiger partial charge in [0, 0.05) is 17.5 Å². The number of nitrogens with two attached hydrogens (primary N) is 1. The molecule has 0 spiro atoms. The normalized spacial score (nSPS) is 18.3. The summed E-state index contributed by atoms with van der Waals surface area (Å²) in [7, 11) is 1.51. The Morgan fingerprint density at radius 3 is 2.26 bits per heavy atom. The average molecular weight is 267 g/mol. The molecule has 1 atom stereocenters. The van der Waals surface area contributed by atoms with Gasteiger partial charge in [-0.25, -0.2) is 4.39 Å². The van der Waals surface area contributed by atoms with Crippen molar-refractivity contribution < 1.29 is 13.9 Å². The predicted molar refractivity (Wildman–Crippen MR) is 73.3 cm³/mol. The molecular weight excluding hydrogens is 245 g/mol. The van der Waals surface area contributed by atoms with Crippen molar-refractivity contribution in [2.45, 2.75) is 51.2 Å². The summed E-state index contributed by atoms with van der Waals surface area (Å²) in [5, 5.41) is 0. The van der Waals surface area contributed by atoms with Gasteiger partial charge in [0.15, 0.2) is 11.5 Å². The highest BCUT2D eigenvalue weighted by atomic mass is 19.1. The minimum Gasteiger partial charge on any atom is -0.493 e. The lowest BCUT2D eigenvalue weighted by Crippen LogP contribution is -2.32. The molecular formula is C15H22FNO2. The molecule has 0 aliphatic heterocycles. The Balaban J connectivity index is 2.45. The molecule has 0 aromatic heterocycles. The van der Waals surface area contributed by atoms with E-state index < -0.39 is 0 Å². The highest BCUT2D eigenvalue weighted by molar-refractivity contribution is 5.48. The number of ether oxygens (including phenoxy) is 2. The van der Waals surface area contributed by atoms with E-state index in [4.69, 9.17) is 15.2 Å². The van der Waals surface area contributed by atoms with Crippen LogP contribution in [0.3, 0.4) is 0 Å². The summed E-state index contributed by atoms with van der Waals surface area (Å²) < 4.78 is 25.1. The lowest BCUT2D eigenvalue weighted by Gasteiger charge is -2.23. The van der Waals surface area contributed by atoms with Crippen molar-refractivity contribution in [3.05, 3.63) is 23.5 Å². The van der Waals surface area contributed by atoms with Gasteiger partial charge >= 0.3 is 0 Å². The first-order chi connectivity index (χ1) is 8.90. The second kappa shape index (κ2) is 5.00. The van der Waals surface area contributed by atoms with Gasteiger partial charge in [-0.3, -0.25) is 0 Å². The van der Waals surface area contributed by atoms with Gasteiger partial charge in [-0.2, -0.15) is 0 Å². The van der Waals surface area contributed by atoms with Crippen LogP contribution in [0, 0.1) is 5.82 Å². The monoisotopic (exact) mass is 267 g/mol. The fourth-order valence-corrected chi connectivity index (χ4v) is 2.53. The first-order valence-corrected chi connectivity index (χ1v) is 6.71. The van der Waals surface area contributed by atoms with Crippen LogP contribution in [-0.2, 0) is 5.41 Å². The van der Waals surface area contributed by atoms with Crippen molar-refractivity contribution in [3.8, 4) is 11.5 Å². The first-order valence-electron chi connectivity index (χ1n) is 6.71. The van der Waals surface area contributed by atoms with E-state index in [1.807, 2.05) is 20.8 Å². The number of benzene rings is 1. The zero-order valence-electron chi connectivity index (χ0n) is 12.0. The first kappa shape index (κ1) is 14.1. The van der Waals surface area contributed by atoms with Gasteiger partial charge in [-0.15, -0.1) is 0 Å². The van der Waals surface area contributed by atoms with Gasteiger partial charge in [-0.05, 0) is 45.2 Å². The van der Waals surface area contributed by atoms with Gasteiger partial charge in [0.1, 0.15) is 5.82 Å². The lowest BCUT2D eigenvalue weighted by atomic mass is 9.89. The molecule has 4 heteroatoms. The molecule has 1 aliphatic carbocycles. The Hall–Kier alpha value is -1.29. The van der Waals surface area contributed by atoms with Gasteiger partial charge in [0.25, 0.3) is 0 Å². The molecule has 0 amide bonds. The summed E-state index contributed by atoms with van der Waals surface area (Å²) >= 11 is 0. The van der Waals surface area contributed by atoms with Gasteiger partial charge in [-0.1, -0.05) is 0 Å². The molecule has 1 aromatic carbocycles. The maximum Gasteiger partial charge on any atom is 0.163 e. The molecule has 0 saturated heterocycles. The van der Waals surface area contributed by atoms with Crippen LogP contribution in [0.1, 0.15) is 39.2 Å². The van der Waals surface area contributed by atoms with Crippen LogP contribution in [-0.4, -0.2) is 19.3 Å². The van der Waals surface area contributed by atoms with Crippen molar-refractivity contribution in [2.75, 3.05) is 7.11 Å². The number of halogens is 1. The fraction of sp³-hybridized carbons (Fsp3) is 0.600. The van der Waals surface area contributed by atoms with Crippen LogP contribution in [0.2, 0.25) is 0 Å². The van der Waals surface area contributed by atoms with Crippen LogP contribution in [0.5, 0.6) is 11.5 Å². The van der Waals surface area contributed by atoms with Crippen LogP contribution in [0.25, 0.3) is 0 Å². The molecule has 3 nitrogen and oxygen atoms in total. The topological polar surface area (TPSA) is 44.5 Å². The highest BCUT2D eigenvalue weighted by Gasteiger charge is 2.49. The Kier molecular flexibility index (Phi) is 3.72. The zero-order chi connectivity index (χ0) is 14.2. The minimum absolute atomic E-state index is 0.0117. The van der Waals surface area contributed by atoms with Crippen LogP contribution < -0.4 is 15.2 Å². The number of rotatable bonds is 5. The van der Waals surface area contributed by atoms with Crippen molar-refractivity contribution in [1.29, 1.82) is 0 Å². The smallest absolute Gasteiger partial charge is 0.163 e. The summed E-state index contributed by atoms with van der Waals surface area (Å²) in [5.41, 5.74) is 6.44. The summed E-state index contributed by atoms with van der Waals surface area (Å²) in [5.74, 6) is 0.749. The average Bonchev–Trinajstić information content (AvgIpc) is 3.11. The van der Waals surface area contributed by atoms with E-state index in [-0.39, 0.29) is 23.4 Å². The molecule has 1 aromatic rings. The third-order valence-electron chi connectivity index (χ3n) is 3.81. The Morgan fingerprint density at radius 1 is 1.21 bits per heavy atom.